The molecule has 0 aliphatic carbocycles. The average molecular weight is 784 g/mol. The Bertz CT molecular complexity index is 981. The predicted molar refractivity (Wildman–Crippen MR) is 235 cm³/mol. The Morgan fingerprint density at radius 3 is 1.21 bits per heavy atom. The van der Waals surface area contributed by atoms with Crippen molar-refractivity contribution in [3.8, 4) is 0 Å². The summed E-state index contributed by atoms with van der Waals surface area (Å²) in [5.41, 5.74) is 0. The molecule has 7 nitrogen and oxygen atoms in total. The number of allylic oxidation sites excluding steroid dienone is 8. The highest BCUT2D eigenvalue weighted by Crippen LogP contribution is 2.13. The van der Waals surface area contributed by atoms with E-state index in [1.807, 2.05) is 0 Å². The molecular weight excluding hydrogens is 699 g/mol. The van der Waals surface area contributed by atoms with Crippen LogP contribution in [0.1, 0.15) is 200 Å². The smallest absolute Gasteiger partial charge is 0.305 e. The minimum atomic E-state index is -0.372. The van der Waals surface area contributed by atoms with Gasteiger partial charge in [-0.3, -0.25) is 14.4 Å². The van der Waals surface area contributed by atoms with Crippen LogP contribution >= 0.6 is 0 Å². The molecule has 0 aromatic carbocycles. The summed E-state index contributed by atoms with van der Waals surface area (Å²) >= 11 is 0. The number of hydrogen-bond acceptors (Lipinski definition) is 7. The molecular formula is C49H85NO6. The summed E-state index contributed by atoms with van der Waals surface area (Å²) in [5, 5.41) is 0. The SMILES string of the molecule is CCCCCC=CCC=CCCCCCCCC(=O)OCC(COC(=O)CCCCCCCC=CCC=CCCCCC)COC(=O)CCCN1CCCCC1. The molecule has 0 radical (unpaired) electrons. The zero-order chi connectivity index (χ0) is 40.4. The first-order chi connectivity index (χ1) is 27.5. The van der Waals surface area contributed by atoms with Crippen molar-refractivity contribution in [3.05, 3.63) is 48.6 Å². The van der Waals surface area contributed by atoms with Gasteiger partial charge in [0.1, 0.15) is 19.8 Å². The molecule has 0 bridgehead atoms. The number of likely N-dealkylation sites (tertiary alicyclic amines) is 1. The third kappa shape index (κ3) is 35.7. The minimum absolute atomic E-state index is 0.0799. The predicted octanol–water partition coefficient (Wildman–Crippen LogP) is 13.1. The Balaban J connectivity index is 2.27. The lowest BCUT2D eigenvalue weighted by atomic mass is 10.1. The van der Waals surface area contributed by atoms with E-state index in [2.05, 4.69) is 67.4 Å². The molecule has 0 saturated carbocycles. The van der Waals surface area contributed by atoms with Gasteiger partial charge in [0, 0.05) is 19.3 Å². The summed E-state index contributed by atoms with van der Waals surface area (Å²) in [7, 11) is 0. The number of nitrogens with zero attached hydrogens (tertiary/aromatic N) is 1. The second kappa shape index (κ2) is 40.5. The van der Waals surface area contributed by atoms with E-state index in [0.717, 1.165) is 103 Å². The van der Waals surface area contributed by atoms with Crippen molar-refractivity contribution < 1.29 is 28.6 Å². The molecule has 322 valence electrons. The summed E-state index contributed by atoms with van der Waals surface area (Å²) in [6, 6.07) is 0. The van der Waals surface area contributed by atoms with Gasteiger partial charge < -0.3 is 19.1 Å². The maximum atomic E-state index is 12.6. The number of rotatable bonds is 38. The second-order valence-electron chi connectivity index (χ2n) is 15.9. The van der Waals surface area contributed by atoms with Crippen molar-refractivity contribution in [1.82, 2.24) is 4.90 Å². The average Bonchev–Trinajstić information content (AvgIpc) is 3.20. The van der Waals surface area contributed by atoms with Crippen molar-refractivity contribution in [2.75, 3.05) is 39.5 Å². The fourth-order valence-electron chi connectivity index (χ4n) is 6.78. The molecule has 0 aromatic rings. The van der Waals surface area contributed by atoms with Gasteiger partial charge >= 0.3 is 17.9 Å². The highest BCUT2D eigenvalue weighted by atomic mass is 16.6. The van der Waals surface area contributed by atoms with Gasteiger partial charge in [0.25, 0.3) is 0 Å². The third-order valence-corrected chi connectivity index (χ3v) is 10.4. The quantitative estimate of drug-likeness (QED) is 0.0267. The van der Waals surface area contributed by atoms with Crippen LogP contribution in [-0.2, 0) is 28.6 Å². The molecule has 56 heavy (non-hydrogen) atoms. The summed E-state index contributed by atoms with van der Waals surface area (Å²) in [6.45, 7) is 7.85. The van der Waals surface area contributed by atoms with E-state index in [1.54, 1.807) is 0 Å². The van der Waals surface area contributed by atoms with Crippen molar-refractivity contribution in [1.29, 1.82) is 0 Å². The number of hydrogen-bond donors (Lipinski definition) is 0. The first kappa shape index (κ1) is 51.3. The normalized spacial score (nSPS) is 14.4. The van der Waals surface area contributed by atoms with Crippen LogP contribution in [0.4, 0.5) is 0 Å². The first-order valence-corrected chi connectivity index (χ1v) is 23.3. The summed E-state index contributed by atoms with van der Waals surface area (Å²) in [5.74, 6) is -1.11. The fraction of sp³-hybridized carbons (Fsp3) is 0.776. The number of carbonyl (C=O) groups excluding carboxylic acids is 3. The van der Waals surface area contributed by atoms with E-state index in [4.69, 9.17) is 14.2 Å². The van der Waals surface area contributed by atoms with Gasteiger partial charge in [-0.15, -0.1) is 0 Å². The zero-order valence-electron chi connectivity index (χ0n) is 36.3. The largest absolute Gasteiger partial charge is 0.465 e. The van der Waals surface area contributed by atoms with Gasteiger partial charge in [0.2, 0.25) is 0 Å². The zero-order valence-corrected chi connectivity index (χ0v) is 36.3. The van der Waals surface area contributed by atoms with E-state index in [0.29, 0.717) is 19.3 Å². The van der Waals surface area contributed by atoms with Gasteiger partial charge in [-0.25, -0.2) is 0 Å². The van der Waals surface area contributed by atoms with Crippen molar-refractivity contribution in [3.63, 3.8) is 0 Å². The standard InChI is InChI=1S/C49H85NO6/c1-3-5-7-9-11-13-15-17-19-21-23-25-27-29-32-37-47(51)54-43-46(45-56-49(53)39-36-42-50-40-34-31-35-41-50)44-55-48(52)38-33-30-28-26-24-22-20-18-16-14-12-10-8-6-4-2/h11-14,17-20,46H,3-10,15-16,21-45H2,1-2H3. The number of ether oxygens (including phenoxy) is 3. The molecule has 0 aromatic heterocycles. The van der Waals surface area contributed by atoms with Crippen molar-refractivity contribution in [2.24, 2.45) is 5.92 Å². The van der Waals surface area contributed by atoms with Crippen LogP contribution in [0.2, 0.25) is 0 Å². The van der Waals surface area contributed by atoms with E-state index in [1.165, 1.54) is 83.5 Å². The molecule has 0 atom stereocenters. The molecule has 1 rings (SSSR count). The van der Waals surface area contributed by atoms with Crippen LogP contribution in [0.5, 0.6) is 0 Å². The Kier molecular flexibility index (Phi) is 37.2. The topological polar surface area (TPSA) is 82.1 Å². The van der Waals surface area contributed by atoms with Crippen molar-refractivity contribution in [2.45, 2.75) is 200 Å². The molecule has 0 amide bonds. The van der Waals surface area contributed by atoms with Crippen LogP contribution in [-0.4, -0.2) is 62.3 Å². The Labute approximate surface area is 344 Å². The maximum Gasteiger partial charge on any atom is 0.305 e. The van der Waals surface area contributed by atoms with Crippen LogP contribution in [0.3, 0.4) is 0 Å². The monoisotopic (exact) mass is 784 g/mol. The lowest BCUT2D eigenvalue weighted by molar-refractivity contribution is -0.153. The van der Waals surface area contributed by atoms with Crippen molar-refractivity contribution >= 4 is 17.9 Å². The molecule has 1 aliphatic rings. The van der Waals surface area contributed by atoms with E-state index >= 15 is 0 Å². The van der Waals surface area contributed by atoms with Gasteiger partial charge in [0.15, 0.2) is 0 Å². The summed E-state index contributed by atoms with van der Waals surface area (Å²) in [6.07, 6.45) is 48.8. The van der Waals surface area contributed by atoms with E-state index in [-0.39, 0.29) is 43.6 Å². The fourth-order valence-corrected chi connectivity index (χ4v) is 6.78. The molecule has 1 saturated heterocycles. The van der Waals surface area contributed by atoms with E-state index in [9.17, 15) is 14.4 Å². The van der Waals surface area contributed by atoms with Crippen LogP contribution < -0.4 is 0 Å². The third-order valence-electron chi connectivity index (χ3n) is 10.4. The number of esters is 3. The van der Waals surface area contributed by atoms with Crippen LogP contribution in [0.25, 0.3) is 0 Å². The Hall–Kier alpha value is -2.67. The van der Waals surface area contributed by atoms with Gasteiger partial charge in [-0.2, -0.15) is 0 Å². The van der Waals surface area contributed by atoms with Crippen LogP contribution in [0.15, 0.2) is 48.6 Å². The van der Waals surface area contributed by atoms with Gasteiger partial charge in [0.05, 0.1) is 5.92 Å². The Morgan fingerprint density at radius 1 is 0.446 bits per heavy atom. The number of piperidine rings is 1. The van der Waals surface area contributed by atoms with Crippen LogP contribution in [0, 0.1) is 5.92 Å². The first-order valence-electron chi connectivity index (χ1n) is 23.3. The maximum absolute atomic E-state index is 12.6. The van der Waals surface area contributed by atoms with Gasteiger partial charge in [-0.05, 0) is 116 Å². The number of unbranched alkanes of at least 4 members (excludes halogenated alkanes) is 16. The molecule has 1 fully saturated rings. The summed E-state index contributed by atoms with van der Waals surface area (Å²) < 4.78 is 16.8. The molecule has 0 spiro atoms. The molecule has 0 unspecified atom stereocenters. The van der Waals surface area contributed by atoms with E-state index < -0.39 is 0 Å². The van der Waals surface area contributed by atoms with Gasteiger partial charge in [-0.1, -0.05) is 133 Å². The summed E-state index contributed by atoms with van der Waals surface area (Å²) in [4.78, 5) is 40.1. The highest BCUT2D eigenvalue weighted by molar-refractivity contribution is 5.70. The minimum Gasteiger partial charge on any atom is -0.465 e. The molecule has 1 heterocycles. The second-order valence-corrected chi connectivity index (χ2v) is 15.9. The lowest BCUT2D eigenvalue weighted by Crippen LogP contribution is -2.31. The lowest BCUT2D eigenvalue weighted by Gasteiger charge is -2.26. The highest BCUT2D eigenvalue weighted by Gasteiger charge is 2.18. The molecule has 0 N–H and O–H groups in total. The Morgan fingerprint density at radius 2 is 0.804 bits per heavy atom. The number of carbonyl (C=O) groups is 3. The molecule has 1 aliphatic heterocycles. The molecule has 7 heteroatoms.